The minimum Gasteiger partial charge on any atom is -0.477 e. The van der Waals surface area contributed by atoms with Gasteiger partial charge < -0.3 is 15.0 Å². The molecule has 1 amide bonds. The van der Waals surface area contributed by atoms with Crippen LogP contribution in [0.4, 0.5) is 5.69 Å². The lowest BCUT2D eigenvalue weighted by molar-refractivity contribution is -0.116. The summed E-state index contributed by atoms with van der Waals surface area (Å²) in [5.41, 5.74) is 2.94. The standard InChI is InChI=1S/C15H16N2O3/c1-10-6-11(2)8-12(7-10)16-14(18)9-17-5-3-4-13(17)15(19)20/h3-8H,9H2,1-2H3,(H,16,18)(H,19,20). The first-order chi connectivity index (χ1) is 9.45. The van der Waals surface area contributed by atoms with E-state index in [1.54, 1.807) is 12.3 Å². The Bertz CT molecular complexity index is 639. The molecule has 2 aromatic rings. The monoisotopic (exact) mass is 272 g/mol. The Labute approximate surface area is 116 Å². The molecule has 0 aliphatic heterocycles. The van der Waals surface area contributed by atoms with Crippen LogP contribution in [-0.2, 0) is 11.3 Å². The van der Waals surface area contributed by atoms with E-state index in [9.17, 15) is 9.59 Å². The molecule has 5 heteroatoms. The van der Waals surface area contributed by atoms with Gasteiger partial charge in [-0.25, -0.2) is 4.79 Å². The van der Waals surface area contributed by atoms with Gasteiger partial charge in [0, 0.05) is 11.9 Å². The summed E-state index contributed by atoms with van der Waals surface area (Å²) < 4.78 is 1.40. The number of aromatic carboxylic acids is 1. The van der Waals surface area contributed by atoms with Crippen LogP contribution in [0.1, 0.15) is 21.6 Å². The van der Waals surface area contributed by atoms with Crippen LogP contribution >= 0.6 is 0 Å². The first-order valence-electron chi connectivity index (χ1n) is 6.22. The number of aryl methyl sites for hydroxylation is 2. The maximum Gasteiger partial charge on any atom is 0.352 e. The Morgan fingerprint density at radius 2 is 1.85 bits per heavy atom. The van der Waals surface area contributed by atoms with Crippen molar-refractivity contribution >= 4 is 17.6 Å². The van der Waals surface area contributed by atoms with Crippen LogP contribution < -0.4 is 5.32 Å². The fourth-order valence-corrected chi connectivity index (χ4v) is 2.15. The maximum absolute atomic E-state index is 12.0. The zero-order valence-corrected chi connectivity index (χ0v) is 11.4. The van der Waals surface area contributed by atoms with Crippen LogP contribution in [0, 0.1) is 13.8 Å². The van der Waals surface area contributed by atoms with Crippen LogP contribution in [0.3, 0.4) is 0 Å². The number of carbonyl (C=O) groups is 2. The highest BCUT2D eigenvalue weighted by Gasteiger charge is 2.11. The second-order valence-corrected chi connectivity index (χ2v) is 4.75. The van der Waals surface area contributed by atoms with Gasteiger partial charge in [0.25, 0.3) is 0 Å². The molecule has 1 aromatic heterocycles. The van der Waals surface area contributed by atoms with E-state index in [0.717, 1.165) is 16.8 Å². The molecular weight excluding hydrogens is 256 g/mol. The molecule has 2 rings (SSSR count). The van der Waals surface area contributed by atoms with Gasteiger partial charge >= 0.3 is 5.97 Å². The number of nitrogens with zero attached hydrogens (tertiary/aromatic N) is 1. The van der Waals surface area contributed by atoms with Gasteiger partial charge in [-0.05, 0) is 49.2 Å². The molecule has 0 saturated carbocycles. The fraction of sp³-hybridized carbons (Fsp3) is 0.200. The number of hydrogen-bond donors (Lipinski definition) is 2. The SMILES string of the molecule is Cc1cc(C)cc(NC(=O)Cn2cccc2C(=O)O)c1. The van der Waals surface area contributed by atoms with Crippen LogP contribution in [0.2, 0.25) is 0 Å². The van der Waals surface area contributed by atoms with E-state index in [-0.39, 0.29) is 18.1 Å². The van der Waals surface area contributed by atoms with Gasteiger partial charge in [-0.1, -0.05) is 6.07 Å². The van der Waals surface area contributed by atoms with Crippen molar-refractivity contribution in [3.8, 4) is 0 Å². The quantitative estimate of drug-likeness (QED) is 0.898. The normalized spacial score (nSPS) is 10.3. The van der Waals surface area contributed by atoms with E-state index >= 15 is 0 Å². The van der Waals surface area contributed by atoms with Gasteiger partial charge in [0.2, 0.25) is 5.91 Å². The number of nitrogens with one attached hydrogen (secondary N) is 1. The van der Waals surface area contributed by atoms with Crippen LogP contribution in [0.25, 0.3) is 0 Å². The smallest absolute Gasteiger partial charge is 0.352 e. The summed E-state index contributed by atoms with van der Waals surface area (Å²) >= 11 is 0. The number of anilines is 1. The lowest BCUT2D eigenvalue weighted by Crippen LogP contribution is -2.20. The predicted molar refractivity (Wildman–Crippen MR) is 75.9 cm³/mol. The number of amides is 1. The van der Waals surface area contributed by atoms with Crippen molar-refractivity contribution in [1.82, 2.24) is 4.57 Å². The first-order valence-corrected chi connectivity index (χ1v) is 6.22. The van der Waals surface area contributed by atoms with Crippen molar-refractivity contribution in [2.24, 2.45) is 0 Å². The second-order valence-electron chi connectivity index (χ2n) is 4.75. The molecule has 0 saturated heterocycles. The zero-order chi connectivity index (χ0) is 14.7. The van der Waals surface area contributed by atoms with Gasteiger partial charge in [-0.3, -0.25) is 4.79 Å². The number of carbonyl (C=O) groups excluding carboxylic acids is 1. The lowest BCUT2D eigenvalue weighted by Gasteiger charge is -2.09. The zero-order valence-electron chi connectivity index (χ0n) is 11.4. The summed E-state index contributed by atoms with van der Waals surface area (Å²) in [5.74, 6) is -1.30. The van der Waals surface area contributed by atoms with Gasteiger partial charge in [-0.2, -0.15) is 0 Å². The third-order valence-corrected chi connectivity index (χ3v) is 2.87. The molecule has 0 unspecified atom stereocenters. The van der Waals surface area contributed by atoms with Crippen molar-refractivity contribution in [3.63, 3.8) is 0 Å². The van der Waals surface area contributed by atoms with Crippen molar-refractivity contribution < 1.29 is 14.7 Å². The Morgan fingerprint density at radius 1 is 1.20 bits per heavy atom. The molecule has 0 fully saturated rings. The number of carboxylic acid groups (broad SMARTS) is 1. The van der Waals surface area contributed by atoms with E-state index in [4.69, 9.17) is 5.11 Å². The Kier molecular flexibility index (Phi) is 3.89. The summed E-state index contributed by atoms with van der Waals surface area (Å²) in [5, 5.41) is 11.8. The van der Waals surface area contributed by atoms with Crippen molar-refractivity contribution in [2.75, 3.05) is 5.32 Å². The molecular formula is C15H16N2O3. The van der Waals surface area contributed by atoms with Crippen LogP contribution in [-0.4, -0.2) is 21.6 Å². The van der Waals surface area contributed by atoms with Crippen molar-refractivity contribution in [1.29, 1.82) is 0 Å². The number of aromatic nitrogens is 1. The van der Waals surface area contributed by atoms with E-state index < -0.39 is 5.97 Å². The molecule has 20 heavy (non-hydrogen) atoms. The van der Waals surface area contributed by atoms with Crippen LogP contribution in [0.15, 0.2) is 36.5 Å². The highest BCUT2D eigenvalue weighted by Crippen LogP contribution is 2.14. The van der Waals surface area contributed by atoms with Gasteiger partial charge in [0.1, 0.15) is 12.2 Å². The molecule has 0 aliphatic rings. The molecule has 0 radical (unpaired) electrons. The molecule has 0 bridgehead atoms. The molecule has 5 nitrogen and oxygen atoms in total. The number of rotatable bonds is 4. The molecule has 0 atom stereocenters. The van der Waals surface area contributed by atoms with Crippen molar-refractivity contribution in [3.05, 3.63) is 53.3 Å². The Morgan fingerprint density at radius 3 is 2.45 bits per heavy atom. The van der Waals surface area contributed by atoms with Crippen LogP contribution in [0.5, 0.6) is 0 Å². The largest absolute Gasteiger partial charge is 0.477 e. The average Bonchev–Trinajstić information content (AvgIpc) is 2.75. The minimum atomic E-state index is -1.05. The Hall–Kier alpha value is -2.56. The highest BCUT2D eigenvalue weighted by molar-refractivity contribution is 5.92. The number of benzene rings is 1. The van der Waals surface area contributed by atoms with Gasteiger partial charge in [0.15, 0.2) is 0 Å². The molecule has 104 valence electrons. The topological polar surface area (TPSA) is 71.3 Å². The fourth-order valence-electron chi connectivity index (χ4n) is 2.15. The summed E-state index contributed by atoms with van der Waals surface area (Å²) in [6.07, 6.45) is 1.57. The van der Waals surface area contributed by atoms with E-state index in [1.165, 1.54) is 10.6 Å². The van der Waals surface area contributed by atoms with Crippen molar-refractivity contribution in [2.45, 2.75) is 20.4 Å². The molecule has 2 N–H and O–H groups in total. The average molecular weight is 272 g/mol. The van der Waals surface area contributed by atoms with E-state index in [0.29, 0.717) is 0 Å². The summed E-state index contributed by atoms with van der Waals surface area (Å²) in [7, 11) is 0. The third-order valence-electron chi connectivity index (χ3n) is 2.87. The molecule has 0 spiro atoms. The van der Waals surface area contributed by atoms with Gasteiger partial charge in [0.05, 0.1) is 0 Å². The van der Waals surface area contributed by atoms with E-state index in [2.05, 4.69) is 5.32 Å². The first kappa shape index (κ1) is 13.9. The summed E-state index contributed by atoms with van der Waals surface area (Å²) in [6, 6.07) is 8.83. The lowest BCUT2D eigenvalue weighted by atomic mass is 10.1. The number of hydrogen-bond acceptors (Lipinski definition) is 2. The predicted octanol–water partition coefficient (Wildman–Crippen LogP) is 2.44. The minimum absolute atomic E-state index is 0.0262. The molecule has 1 heterocycles. The highest BCUT2D eigenvalue weighted by atomic mass is 16.4. The summed E-state index contributed by atoms with van der Waals surface area (Å²) in [6.45, 7) is 3.88. The Balaban J connectivity index is 2.09. The maximum atomic E-state index is 12.0. The molecule has 0 aliphatic carbocycles. The summed E-state index contributed by atoms with van der Waals surface area (Å²) in [4.78, 5) is 22.9. The number of carboxylic acids is 1. The van der Waals surface area contributed by atoms with E-state index in [1.807, 2.05) is 32.0 Å². The molecule has 1 aromatic carbocycles. The second kappa shape index (κ2) is 5.61. The third kappa shape index (κ3) is 3.26. The van der Waals surface area contributed by atoms with Gasteiger partial charge in [-0.15, -0.1) is 0 Å².